The number of hydrogen-bond donors (Lipinski definition) is 2. The molecule has 0 atom stereocenters. The summed E-state index contributed by atoms with van der Waals surface area (Å²) >= 11 is 1.87. The smallest absolute Gasteiger partial charge is 0.197 e. The number of halogens is 2. The lowest BCUT2D eigenvalue weighted by Gasteiger charge is -1.95. The standard InChI is InChI=1S/C8H5FINO/c9-5-2-1-4-3-11-8(12)6(4)7(5)10/h1-3,11-12H. The van der Waals surface area contributed by atoms with Crippen molar-refractivity contribution < 1.29 is 9.50 Å². The van der Waals surface area contributed by atoms with E-state index in [-0.39, 0.29) is 11.7 Å². The van der Waals surface area contributed by atoms with Crippen molar-refractivity contribution in [2.24, 2.45) is 0 Å². The molecule has 2 nitrogen and oxygen atoms in total. The van der Waals surface area contributed by atoms with Crippen LogP contribution in [-0.2, 0) is 0 Å². The lowest BCUT2D eigenvalue weighted by molar-refractivity contribution is 0.462. The Bertz CT molecular complexity index is 438. The first kappa shape index (κ1) is 7.85. The van der Waals surface area contributed by atoms with Crippen molar-refractivity contribution in [3.8, 4) is 5.88 Å². The Hall–Kier alpha value is -0.780. The van der Waals surface area contributed by atoms with Gasteiger partial charge in [0.1, 0.15) is 5.82 Å². The average molecular weight is 277 g/mol. The topological polar surface area (TPSA) is 36.0 Å². The summed E-state index contributed by atoms with van der Waals surface area (Å²) in [5.41, 5.74) is 0. The minimum absolute atomic E-state index is 0.0221. The van der Waals surface area contributed by atoms with Gasteiger partial charge in [0, 0.05) is 11.6 Å². The third-order valence-electron chi connectivity index (χ3n) is 1.73. The molecule has 0 amide bonds. The molecule has 0 saturated heterocycles. The molecule has 2 rings (SSSR count). The van der Waals surface area contributed by atoms with Crippen molar-refractivity contribution in [1.29, 1.82) is 0 Å². The monoisotopic (exact) mass is 277 g/mol. The number of nitrogens with one attached hydrogen (secondary N) is 1. The van der Waals surface area contributed by atoms with Gasteiger partial charge >= 0.3 is 0 Å². The second-order valence-electron chi connectivity index (χ2n) is 2.46. The number of aromatic nitrogens is 1. The molecule has 62 valence electrons. The Labute approximate surface area is 81.5 Å². The van der Waals surface area contributed by atoms with Crippen LogP contribution in [0.2, 0.25) is 0 Å². The van der Waals surface area contributed by atoms with Gasteiger partial charge in [0.25, 0.3) is 0 Å². The molecule has 0 aliphatic heterocycles. The predicted molar refractivity (Wildman–Crippen MR) is 52.6 cm³/mol. The molecule has 2 aromatic rings. The highest BCUT2D eigenvalue weighted by Crippen LogP contribution is 2.29. The maximum atomic E-state index is 13.0. The Morgan fingerprint density at radius 2 is 2.17 bits per heavy atom. The lowest BCUT2D eigenvalue weighted by atomic mass is 10.2. The van der Waals surface area contributed by atoms with E-state index < -0.39 is 0 Å². The second-order valence-corrected chi connectivity index (χ2v) is 3.54. The van der Waals surface area contributed by atoms with E-state index in [4.69, 9.17) is 0 Å². The summed E-state index contributed by atoms with van der Waals surface area (Å²) in [6.07, 6.45) is 1.65. The van der Waals surface area contributed by atoms with Crippen LogP contribution in [0.3, 0.4) is 0 Å². The van der Waals surface area contributed by atoms with Gasteiger partial charge in [-0.15, -0.1) is 0 Å². The van der Waals surface area contributed by atoms with Gasteiger partial charge in [-0.1, -0.05) is 0 Å². The van der Waals surface area contributed by atoms with Gasteiger partial charge < -0.3 is 10.1 Å². The van der Waals surface area contributed by atoms with E-state index in [1.54, 1.807) is 12.3 Å². The molecular formula is C8H5FINO. The van der Waals surface area contributed by atoms with Crippen molar-refractivity contribution in [2.75, 3.05) is 0 Å². The molecule has 0 radical (unpaired) electrons. The number of aromatic hydroxyl groups is 1. The average Bonchev–Trinajstić information content (AvgIpc) is 2.41. The van der Waals surface area contributed by atoms with Gasteiger partial charge in [0.2, 0.25) is 0 Å². The summed E-state index contributed by atoms with van der Waals surface area (Å²) in [6.45, 7) is 0. The van der Waals surface area contributed by atoms with Crippen LogP contribution < -0.4 is 0 Å². The number of H-pyrrole nitrogens is 1. The normalized spacial score (nSPS) is 10.8. The van der Waals surface area contributed by atoms with Gasteiger partial charge in [0.05, 0.1) is 8.96 Å². The van der Waals surface area contributed by atoms with Crippen molar-refractivity contribution in [1.82, 2.24) is 4.98 Å². The zero-order valence-corrected chi connectivity index (χ0v) is 8.09. The fourth-order valence-corrected chi connectivity index (χ4v) is 1.89. The highest BCUT2D eigenvalue weighted by molar-refractivity contribution is 14.1. The fraction of sp³-hybridized carbons (Fsp3) is 0. The van der Waals surface area contributed by atoms with E-state index in [0.29, 0.717) is 8.96 Å². The molecule has 0 aliphatic carbocycles. The molecule has 1 heterocycles. The highest BCUT2D eigenvalue weighted by atomic mass is 127. The largest absolute Gasteiger partial charge is 0.494 e. The Balaban J connectivity index is 2.96. The maximum absolute atomic E-state index is 13.0. The molecule has 0 saturated carbocycles. The zero-order valence-electron chi connectivity index (χ0n) is 5.94. The van der Waals surface area contributed by atoms with Gasteiger partial charge in [0.15, 0.2) is 5.88 Å². The number of benzene rings is 1. The van der Waals surface area contributed by atoms with Gasteiger partial charge in [-0.25, -0.2) is 4.39 Å². The summed E-state index contributed by atoms with van der Waals surface area (Å²) < 4.78 is 13.4. The second kappa shape index (κ2) is 2.62. The van der Waals surface area contributed by atoms with E-state index in [2.05, 4.69) is 4.98 Å². The molecule has 1 aromatic heterocycles. The summed E-state index contributed by atoms with van der Waals surface area (Å²) in [4.78, 5) is 2.63. The molecule has 0 unspecified atom stereocenters. The first-order valence-electron chi connectivity index (χ1n) is 3.34. The molecule has 12 heavy (non-hydrogen) atoms. The van der Waals surface area contributed by atoms with Crippen LogP contribution in [0.5, 0.6) is 5.88 Å². The molecule has 1 aromatic carbocycles. The molecule has 0 fully saturated rings. The van der Waals surface area contributed by atoms with Crippen LogP contribution >= 0.6 is 22.6 Å². The summed E-state index contributed by atoms with van der Waals surface area (Å²) in [6, 6.07) is 3.01. The van der Waals surface area contributed by atoms with Crippen LogP contribution in [0.25, 0.3) is 10.8 Å². The quantitative estimate of drug-likeness (QED) is 0.713. The number of fused-ring (bicyclic) bond motifs is 1. The summed E-state index contributed by atoms with van der Waals surface area (Å²) in [5.74, 6) is -0.285. The third kappa shape index (κ3) is 0.979. The van der Waals surface area contributed by atoms with Crippen molar-refractivity contribution in [3.63, 3.8) is 0 Å². The molecule has 0 spiro atoms. The molecule has 2 N–H and O–H groups in total. The molecule has 0 aliphatic rings. The van der Waals surface area contributed by atoms with Crippen molar-refractivity contribution in [3.05, 3.63) is 27.7 Å². The summed E-state index contributed by atoms with van der Waals surface area (Å²) in [5, 5.41) is 10.7. The Morgan fingerprint density at radius 1 is 1.42 bits per heavy atom. The van der Waals surface area contributed by atoms with Crippen LogP contribution in [-0.4, -0.2) is 10.1 Å². The number of rotatable bonds is 0. The van der Waals surface area contributed by atoms with Crippen molar-refractivity contribution in [2.45, 2.75) is 0 Å². The van der Waals surface area contributed by atoms with Crippen LogP contribution in [0.4, 0.5) is 4.39 Å². The maximum Gasteiger partial charge on any atom is 0.197 e. The van der Waals surface area contributed by atoms with Gasteiger partial charge in [-0.3, -0.25) is 0 Å². The number of aromatic amines is 1. The minimum atomic E-state index is -0.307. The molecule has 4 heteroatoms. The Morgan fingerprint density at radius 3 is 2.92 bits per heavy atom. The van der Waals surface area contributed by atoms with Gasteiger partial charge in [-0.05, 0) is 34.7 Å². The zero-order chi connectivity index (χ0) is 8.72. The van der Waals surface area contributed by atoms with E-state index in [9.17, 15) is 9.50 Å². The first-order chi connectivity index (χ1) is 5.70. The Kier molecular flexibility index (Phi) is 1.71. The van der Waals surface area contributed by atoms with E-state index in [1.807, 2.05) is 22.6 Å². The first-order valence-corrected chi connectivity index (χ1v) is 4.42. The highest BCUT2D eigenvalue weighted by Gasteiger charge is 2.09. The van der Waals surface area contributed by atoms with Gasteiger partial charge in [-0.2, -0.15) is 0 Å². The third-order valence-corrected chi connectivity index (χ3v) is 2.78. The summed E-state index contributed by atoms with van der Waals surface area (Å²) in [7, 11) is 0. The van der Waals surface area contributed by atoms with Crippen LogP contribution in [0.15, 0.2) is 18.3 Å². The SMILES string of the molecule is Oc1[nH]cc2ccc(F)c(I)c12. The fourth-order valence-electron chi connectivity index (χ4n) is 1.14. The minimum Gasteiger partial charge on any atom is -0.494 e. The molecule has 0 bridgehead atoms. The van der Waals surface area contributed by atoms with Crippen LogP contribution in [0.1, 0.15) is 0 Å². The lowest BCUT2D eigenvalue weighted by Crippen LogP contribution is -1.80. The number of hydrogen-bond acceptors (Lipinski definition) is 1. The van der Waals surface area contributed by atoms with E-state index in [1.165, 1.54) is 6.07 Å². The predicted octanol–water partition coefficient (Wildman–Crippen LogP) is 2.62. The van der Waals surface area contributed by atoms with Crippen LogP contribution in [0, 0.1) is 9.39 Å². The van der Waals surface area contributed by atoms with Crippen molar-refractivity contribution >= 4 is 33.4 Å². The molecular weight excluding hydrogens is 272 g/mol. The van der Waals surface area contributed by atoms with E-state index in [0.717, 1.165) is 5.39 Å². The van der Waals surface area contributed by atoms with E-state index >= 15 is 0 Å².